The molecule has 1 heterocycles. The van der Waals surface area contributed by atoms with E-state index in [4.69, 9.17) is 0 Å². The van der Waals surface area contributed by atoms with Crippen molar-refractivity contribution in [3.8, 4) is 0 Å². The van der Waals surface area contributed by atoms with Crippen molar-refractivity contribution in [1.82, 2.24) is 15.2 Å². The lowest BCUT2D eigenvalue weighted by Crippen LogP contribution is -2.24. The number of aromatic nitrogens is 1. The molecule has 4 nitrogen and oxygen atoms in total. The van der Waals surface area contributed by atoms with E-state index in [1.165, 1.54) is 0 Å². The molecule has 0 saturated heterocycles. The molecule has 0 unspecified atom stereocenters. The first-order valence-electron chi connectivity index (χ1n) is 5.58. The second-order valence-electron chi connectivity index (χ2n) is 4.09. The van der Waals surface area contributed by atoms with Crippen LogP contribution in [0, 0.1) is 6.92 Å². The zero-order chi connectivity index (χ0) is 12.7. The molecule has 94 valence electrons. The number of thiazole rings is 1. The van der Waals surface area contributed by atoms with Crippen molar-refractivity contribution in [2.45, 2.75) is 13.3 Å². The Morgan fingerprint density at radius 2 is 2.35 bits per heavy atom. The summed E-state index contributed by atoms with van der Waals surface area (Å²) in [6.07, 6.45) is 4.22. The van der Waals surface area contributed by atoms with Gasteiger partial charge < -0.3 is 10.2 Å². The maximum Gasteiger partial charge on any atom is 0.243 e. The Balaban J connectivity index is 2.18. The van der Waals surface area contributed by atoms with Gasteiger partial charge in [-0.05, 0) is 21.0 Å². The smallest absolute Gasteiger partial charge is 0.243 e. The van der Waals surface area contributed by atoms with E-state index in [0.717, 1.165) is 23.7 Å². The fourth-order valence-electron chi connectivity index (χ4n) is 1.24. The highest BCUT2D eigenvalue weighted by Gasteiger charge is 1.99. The van der Waals surface area contributed by atoms with Gasteiger partial charge in [0.15, 0.2) is 0 Å². The molecule has 5 heteroatoms. The van der Waals surface area contributed by atoms with Crippen molar-refractivity contribution in [3.05, 3.63) is 28.2 Å². The minimum absolute atomic E-state index is 0.0415. The number of carbonyl (C=O) groups is 1. The van der Waals surface area contributed by atoms with Gasteiger partial charge in [0, 0.05) is 36.7 Å². The first-order chi connectivity index (χ1) is 8.08. The molecule has 1 rings (SSSR count). The van der Waals surface area contributed by atoms with Crippen LogP contribution in [0.1, 0.15) is 10.7 Å². The molecular weight excluding hydrogens is 234 g/mol. The lowest BCUT2D eigenvalue weighted by molar-refractivity contribution is -0.116. The molecule has 0 atom stereocenters. The van der Waals surface area contributed by atoms with Crippen molar-refractivity contribution in [2.24, 2.45) is 0 Å². The number of rotatable bonds is 6. The molecule has 0 aliphatic carbocycles. The van der Waals surface area contributed by atoms with Gasteiger partial charge in [0.05, 0.1) is 5.01 Å². The van der Waals surface area contributed by atoms with E-state index >= 15 is 0 Å². The minimum atomic E-state index is -0.0415. The third-order valence-electron chi connectivity index (χ3n) is 2.04. The maximum atomic E-state index is 11.4. The Hall–Kier alpha value is -1.20. The number of hydrogen-bond donors (Lipinski definition) is 1. The van der Waals surface area contributed by atoms with E-state index in [0.29, 0.717) is 6.54 Å². The standard InChI is InChI=1S/C12H19N3OS/c1-10-9-17-12(14-10)6-7-13-11(16)5-4-8-15(2)3/h4-5,9H,6-8H2,1-3H3,(H,13,16)/b5-4+. The first-order valence-corrected chi connectivity index (χ1v) is 6.46. The molecule has 0 spiro atoms. The number of nitrogens with zero attached hydrogens (tertiary/aromatic N) is 2. The van der Waals surface area contributed by atoms with Crippen LogP contribution < -0.4 is 5.32 Å². The quantitative estimate of drug-likeness (QED) is 0.776. The fourth-order valence-corrected chi connectivity index (χ4v) is 2.02. The number of likely N-dealkylation sites (N-methyl/N-ethyl adjacent to an activating group) is 1. The van der Waals surface area contributed by atoms with Crippen LogP contribution in [0.15, 0.2) is 17.5 Å². The molecule has 0 radical (unpaired) electrons. The monoisotopic (exact) mass is 253 g/mol. The Kier molecular flexibility index (Phi) is 5.86. The fraction of sp³-hybridized carbons (Fsp3) is 0.500. The van der Waals surface area contributed by atoms with E-state index in [1.54, 1.807) is 17.4 Å². The SMILES string of the molecule is Cc1csc(CCNC(=O)/C=C/CN(C)C)n1. The van der Waals surface area contributed by atoms with Gasteiger partial charge in [0.2, 0.25) is 5.91 Å². The zero-order valence-corrected chi connectivity index (χ0v) is 11.4. The molecule has 0 aliphatic heterocycles. The van der Waals surface area contributed by atoms with Crippen molar-refractivity contribution >= 4 is 17.2 Å². The molecule has 1 aromatic rings. The molecule has 0 saturated carbocycles. The summed E-state index contributed by atoms with van der Waals surface area (Å²) < 4.78 is 0. The Morgan fingerprint density at radius 3 is 2.94 bits per heavy atom. The number of carbonyl (C=O) groups excluding carboxylic acids is 1. The van der Waals surface area contributed by atoms with Crippen LogP contribution in [-0.2, 0) is 11.2 Å². The highest BCUT2D eigenvalue weighted by atomic mass is 32.1. The van der Waals surface area contributed by atoms with E-state index in [1.807, 2.05) is 37.4 Å². The summed E-state index contributed by atoms with van der Waals surface area (Å²) >= 11 is 1.64. The first kappa shape index (κ1) is 13.9. The highest BCUT2D eigenvalue weighted by Crippen LogP contribution is 2.08. The normalized spacial score (nSPS) is 11.3. The van der Waals surface area contributed by atoms with Crippen LogP contribution >= 0.6 is 11.3 Å². The summed E-state index contributed by atoms with van der Waals surface area (Å²) in [6.45, 7) is 3.39. The molecule has 0 bridgehead atoms. The number of nitrogens with one attached hydrogen (secondary N) is 1. The average Bonchev–Trinajstić information content (AvgIpc) is 2.63. The van der Waals surface area contributed by atoms with Crippen LogP contribution in [0.3, 0.4) is 0 Å². The van der Waals surface area contributed by atoms with Gasteiger partial charge in [-0.25, -0.2) is 4.98 Å². The van der Waals surface area contributed by atoms with Gasteiger partial charge in [0.25, 0.3) is 0 Å². The van der Waals surface area contributed by atoms with Gasteiger partial charge in [-0.15, -0.1) is 11.3 Å². The predicted molar refractivity (Wildman–Crippen MR) is 71.3 cm³/mol. The van der Waals surface area contributed by atoms with E-state index in [-0.39, 0.29) is 5.91 Å². The topological polar surface area (TPSA) is 45.2 Å². The molecule has 1 amide bonds. The highest BCUT2D eigenvalue weighted by molar-refractivity contribution is 7.09. The zero-order valence-electron chi connectivity index (χ0n) is 10.6. The van der Waals surface area contributed by atoms with Crippen LogP contribution in [0.5, 0.6) is 0 Å². The second-order valence-corrected chi connectivity index (χ2v) is 5.03. The maximum absolute atomic E-state index is 11.4. The summed E-state index contributed by atoms with van der Waals surface area (Å²) in [5.74, 6) is -0.0415. The number of hydrogen-bond acceptors (Lipinski definition) is 4. The molecule has 1 aromatic heterocycles. The van der Waals surface area contributed by atoms with Crippen LogP contribution in [0.25, 0.3) is 0 Å². The van der Waals surface area contributed by atoms with E-state index in [2.05, 4.69) is 10.3 Å². The third kappa shape index (κ3) is 6.19. The summed E-state index contributed by atoms with van der Waals surface area (Å²) in [4.78, 5) is 17.7. The summed E-state index contributed by atoms with van der Waals surface area (Å²) in [5, 5.41) is 5.93. The van der Waals surface area contributed by atoms with Crippen LogP contribution in [-0.4, -0.2) is 43.0 Å². The summed E-state index contributed by atoms with van der Waals surface area (Å²) in [5.41, 5.74) is 1.04. The van der Waals surface area contributed by atoms with Gasteiger partial charge in [-0.2, -0.15) is 0 Å². The van der Waals surface area contributed by atoms with E-state index < -0.39 is 0 Å². The predicted octanol–water partition coefficient (Wildman–Crippen LogP) is 1.23. The average molecular weight is 253 g/mol. The molecule has 1 N–H and O–H groups in total. The van der Waals surface area contributed by atoms with Gasteiger partial charge in [-0.1, -0.05) is 6.08 Å². The summed E-state index contributed by atoms with van der Waals surface area (Å²) in [7, 11) is 3.93. The lowest BCUT2D eigenvalue weighted by atomic mass is 10.4. The molecular formula is C12H19N3OS. The molecule has 17 heavy (non-hydrogen) atoms. The van der Waals surface area contributed by atoms with Crippen molar-refractivity contribution in [2.75, 3.05) is 27.2 Å². The van der Waals surface area contributed by atoms with E-state index in [9.17, 15) is 4.79 Å². The molecule has 0 aromatic carbocycles. The molecule has 0 aliphatic rings. The van der Waals surface area contributed by atoms with Crippen molar-refractivity contribution in [3.63, 3.8) is 0 Å². The molecule has 0 fully saturated rings. The van der Waals surface area contributed by atoms with Gasteiger partial charge in [0.1, 0.15) is 0 Å². The van der Waals surface area contributed by atoms with Crippen LogP contribution in [0.2, 0.25) is 0 Å². The Morgan fingerprint density at radius 1 is 1.59 bits per heavy atom. The number of aryl methyl sites for hydroxylation is 1. The Labute approximate surface area is 106 Å². The van der Waals surface area contributed by atoms with Crippen LogP contribution in [0.4, 0.5) is 0 Å². The largest absolute Gasteiger partial charge is 0.352 e. The van der Waals surface area contributed by atoms with Crippen molar-refractivity contribution < 1.29 is 4.79 Å². The number of amides is 1. The second kappa shape index (κ2) is 7.19. The summed E-state index contributed by atoms with van der Waals surface area (Å²) in [6, 6.07) is 0. The van der Waals surface area contributed by atoms with Crippen molar-refractivity contribution in [1.29, 1.82) is 0 Å². The van der Waals surface area contributed by atoms with Gasteiger partial charge in [-0.3, -0.25) is 4.79 Å². The lowest BCUT2D eigenvalue weighted by Gasteiger charge is -2.04. The third-order valence-corrected chi connectivity index (χ3v) is 3.07. The Bertz CT molecular complexity index is 385. The minimum Gasteiger partial charge on any atom is -0.352 e. The van der Waals surface area contributed by atoms with Gasteiger partial charge >= 0.3 is 0 Å².